The van der Waals surface area contributed by atoms with Gasteiger partial charge in [-0.05, 0) is 54.8 Å². The predicted molar refractivity (Wildman–Crippen MR) is 108 cm³/mol. The Kier molecular flexibility index (Phi) is 8.14. The maximum atomic E-state index is 13.0. The van der Waals surface area contributed by atoms with Gasteiger partial charge in [0.2, 0.25) is 0 Å². The molecule has 3 N–H and O–H groups in total. The molecule has 0 fully saturated rings. The Morgan fingerprint density at radius 1 is 1.17 bits per heavy atom. The van der Waals surface area contributed by atoms with Gasteiger partial charge in [-0.15, -0.1) is 24.0 Å². The number of guanidine groups is 1. The summed E-state index contributed by atoms with van der Waals surface area (Å²) in [5, 5.41) is 3.08. The molecule has 2 aromatic rings. The van der Waals surface area contributed by atoms with Crippen molar-refractivity contribution in [3.63, 3.8) is 0 Å². The summed E-state index contributed by atoms with van der Waals surface area (Å²) in [6.45, 7) is 4.41. The molecule has 0 aliphatic heterocycles. The zero-order chi connectivity index (χ0) is 16.8. The van der Waals surface area contributed by atoms with E-state index in [0.717, 1.165) is 22.4 Å². The fraction of sp³-hybridized carbons (Fsp3) is 0.278. The number of halogens is 2. The van der Waals surface area contributed by atoms with Crippen molar-refractivity contribution in [2.75, 3.05) is 19.0 Å². The van der Waals surface area contributed by atoms with Crippen molar-refractivity contribution in [3.8, 4) is 0 Å². The Morgan fingerprint density at radius 3 is 2.29 bits per heavy atom. The molecule has 130 valence electrons. The number of aliphatic imine (C=N–C) groups is 1. The Morgan fingerprint density at radius 2 is 1.75 bits per heavy atom. The number of ether oxygens (including phenoxy) is 1. The Bertz CT molecular complexity index is 669. The first-order valence-corrected chi connectivity index (χ1v) is 7.41. The van der Waals surface area contributed by atoms with Crippen LogP contribution in [0.15, 0.2) is 47.5 Å². The van der Waals surface area contributed by atoms with E-state index in [1.165, 1.54) is 12.1 Å². The summed E-state index contributed by atoms with van der Waals surface area (Å²) in [4.78, 5) is 4.31. The number of hydrogen-bond donors (Lipinski definition) is 2. The molecule has 6 heteroatoms. The Hall–Kier alpha value is -1.67. The zero-order valence-corrected chi connectivity index (χ0v) is 16.4. The van der Waals surface area contributed by atoms with E-state index in [1.807, 2.05) is 26.0 Å². The van der Waals surface area contributed by atoms with Gasteiger partial charge in [0.15, 0.2) is 5.96 Å². The second-order valence-electron chi connectivity index (χ2n) is 5.50. The van der Waals surface area contributed by atoms with Crippen molar-refractivity contribution < 1.29 is 9.13 Å². The smallest absolute Gasteiger partial charge is 0.193 e. The Balaban J connectivity index is 0.00000288. The summed E-state index contributed by atoms with van der Waals surface area (Å²) >= 11 is 0. The number of rotatable bonds is 5. The van der Waals surface area contributed by atoms with Crippen LogP contribution in [0, 0.1) is 19.7 Å². The zero-order valence-electron chi connectivity index (χ0n) is 14.0. The van der Waals surface area contributed by atoms with Crippen LogP contribution in [0.25, 0.3) is 0 Å². The lowest BCUT2D eigenvalue weighted by Crippen LogP contribution is -2.24. The van der Waals surface area contributed by atoms with E-state index in [4.69, 9.17) is 10.5 Å². The topological polar surface area (TPSA) is 59.6 Å². The average molecular weight is 443 g/mol. The Labute approximate surface area is 159 Å². The van der Waals surface area contributed by atoms with Crippen LogP contribution in [-0.4, -0.2) is 19.6 Å². The van der Waals surface area contributed by atoms with Crippen LogP contribution in [0.1, 0.15) is 22.8 Å². The normalized spacial score (nSPS) is 12.4. The maximum Gasteiger partial charge on any atom is 0.193 e. The molecule has 2 rings (SSSR count). The molecule has 0 spiro atoms. The number of hydrogen-bond acceptors (Lipinski definition) is 2. The van der Waals surface area contributed by atoms with Crippen LogP contribution in [0.5, 0.6) is 0 Å². The lowest BCUT2D eigenvalue weighted by molar-refractivity contribution is 0.111. The van der Waals surface area contributed by atoms with Crippen molar-refractivity contribution in [2.45, 2.75) is 20.0 Å². The maximum absolute atomic E-state index is 13.0. The van der Waals surface area contributed by atoms with Gasteiger partial charge in [0, 0.05) is 12.8 Å². The summed E-state index contributed by atoms with van der Waals surface area (Å²) in [6.07, 6.45) is -0.268. The summed E-state index contributed by atoms with van der Waals surface area (Å²) in [7, 11) is 1.59. The predicted octanol–water partition coefficient (Wildman–Crippen LogP) is 4.17. The van der Waals surface area contributed by atoms with Crippen LogP contribution in [0.4, 0.5) is 10.1 Å². The largest absolute Gasteiger partial charge is 0.375 e. The molecular weight excluding hydrogens is 420 g/mol. The van der Waals surface area contributed by atoms with Gasteiger partial charge in [-0.25, -0.2) is 4.39 Å². The molecule has 0 heterocycles. The van der Waals surface area contributed by atoms with Gasteiger partial charge in [0.1, 0.15) is 11.9 Å². The standard InChI is InChI=1S/C18H22FN3O.HI/c1-12-8-13(2)10-16(9-12)22-18(20)21-11-17(23-3)14-4-6-15(19)7-5-14;/h4-10,17H,11H2,1-3H3,(H3,20,21,22);1H. The molecule has 1 atom stereocenters. The third kappa shape index (κ3) is 6.09. The van der Waals surface area contributed by atoms with Crippen LogP contribution in [0.2, 0.25) is 0 Å². The average Bonchev–Trinajstić information content (AvgIpc) is 2.48. The van der Waals surface area contributed by atoms with Crippen molar-refractivity contribution in [2.24, 2.45) is 10.7 Å². The van der Waals surface area contributed by atoms with E-state index in [0.29, 0.717) is 12.5 Å². The fourth-order valence-corrected chi connectivity index (χ4v) is 2.41. The molecule has 1 unspecified atom stereocenters. The SMILES string of the molecule is COC(CN=C(N)Nc1cc(C)cc(C)c1)c1ccc(F)cc1.I. The van der Waals surface area contributed by atoms with Gasteiger partial charge in [-0.2, -0.15) is 0 Å². The van der Waals surface area contributed by atoms with Gasteiger partial charge < -0.3 is 15.8 Å². The molecule has 0 radical (unpaired) electrons. The molecule has 0 saturated carbocycles. The van der Waals surface area contributed by atoms with E-state index in [-0.39, 0.29) is 35.9 Å². The summed E-state index contributed by atoms with van der Waals surface area (Å²) < 4.78 is 18.4. The lowest BCUT2D eigenvalue weighted by atomic mass is 10.1. The first kappa shape index (κ1) is 20.4. The van der Waals surface area contributed by atoms with Gasteiger partial charge in [0.25, 0.3) is 0 Å². The summed E-state index contributed by atoms with van der Waals surface area (Å²) in [5.41, 5.74) is 10.0. The fourth-order valence-electron chi connectivity index (χ4n) is 2.41. The van der Waals surface area contributed by atoms with E-state index >= 15 is 0 Å². The van der Waals surface area contributed by atoms with E-state index < -0.39 is 0 Å². The van der Waals surface area contributed by atoms with E-state index in [1.54, 1.807) is 19.2 Å². The molecular formula is C18H23FIN3O. The number of methoxy groups -OCH3 is 1. The molecule has 2 aromatic carbocycles. The molecule has 0 aliphatic rings. The molecule has 0 aromatic heterocycles. The van der Waals surface area contributed by atoms with Crippen molar-refractivity contribution in [1.82, 2.24) is 0 Å². The third-order valence-electron chi connectivity index (χ3n) is 3.45. The van der Waals surface area contributed by atoms with E-state index in [9.17, 15) is 4.39 Å². The first-order valence-electron chi connectivity index (χ1n) is 7.41. The van der Waals surface area contributed by atoms with E-state index in [2.05, 4.69) is 16.4 Å². The third-order valence-corrected chi connectivity index (χ3v) is 3.45. The number of nitrogens with two attached hydrogens (primary N) is 1. The number of nitrogens with one attached hydrogen (secondary N) is 1. The van der Waals surface area contributed by atoms with Gasteiger partial charge in [0.05, 0.1) is 6.54 Å². The number of anilines is 1. The van der Waals surface area contributed by atoms with Gasteiger partial charge in [-0.3, -0.25) is 4.99 Å². The van der Waals surface area contributed by atoms with Crippen molar-refractivity contribution >= 4 is 35.6 Å². The second-order valence-corrected chi connectivity index (χ2v) is 5.50. The highest BCUT2D eigenvalue weighted by molar-refractivity contribution is 14.0. The molecule has 0 saturated heterocycles. The minimum atomic E-state index is -0.275. The van der Waals surface area contributed by atoms with Crippen LogP contribution in [0.3, 0.4) is 0 Å². The van der Waals surface area contributed by atoms with Crippen LogP contribution in [-0.2, 0) is 4.74 Å². The van der Waals surface area contributed by atoms with Crippen molar-refractivity contribution in [3.05, 3.63) is 65.0 Å². The number of benzene rings is 2. The first-order chi connectivity index (χ1) is 11.0. The summed E-state index contributed by atoms with van der Waals surface area (Å²) in [5.74, 6) is 0.0438. The highest BCUT2D eigenvalue weighted by Crippen LogP contribution is 2.18. The van der Waals surface area contributed by atoms with Crippen LogP contribution < -0.4 is 11.1 Å². The summed E-state index contributed by atoms with van der Waals surface area (Å²) in [6, 6.07) is 12.3. The monoisotopic (exact) mass is 443 g/mol. The minimum absolute atomic E-state index is 0. The van der Waals surface area contributed by atoms with Crippen LogP contribution >= 0.6 is 24.0 Å². The molecule has 24 heavy (non-hydrogen) atoms. The van der Waals surface area contributed by atoms with Gasteiger partial charge >= 0.3 is 0 Å². The minimum Gasteiger partial charge on any atom is -0.375 e. The highest BCUT2D eigenvalue weighted by Gasteiger charge is 2.10. The van der Waals surface area contributed by atoms with Gasteiger partial charge in [-0.1, -0.05) is 18.2 Å². The molecule has 0 aliphatic carbocycles. The van der Waals surface area contributed by atoms with Crippen molar-refractivity contribution in [1.29, 1.82) is 0 Å². The number of aryl methyl sites for hydroxylation is 2. The second kappa shape index (κ2) is 9.58. The lowest BCUT2D eigenvalue weighted by Gasteiger charge is -2.14. The highest BCUT2D eigenvalue weighted by atomic mass is 127. The molecule has 0 amide bonds. The molecule has 0 bridgehead atoms. The number of nitrogens with zero attached hydrogens (tertiary/aromatic N) is 1. The quantitative estimate of drug-likeness (QED) is 0.414. The molecule has 4 nitrogen and oxygen atoms in total.